The Morgan fingerprint density at radius 3 is 2.10 bits per heavy atom. The zero-order valence-electron chi connectivity index (χ0n) is 25.0. The van der Waals surface area contributed by atoms with E-state index in [1.54, 1.807) is 43.3 Å². The molecule has 0 aliphatic heterocycles. The van der Waals surface area contributed by atoms with E-state index in [0.717, 1.165) is 21.0 Å². The van der Waals surface area contributed by atoms with Crippen molar-refractivity contribution in [3.63, 3.8) is 0 Å². The monoisotopic (exact) mass is 579 g/mol. The number of hydrogen-bond donors (Lipinski definition) is 1. The predicted molar refractivity (Wildman–Crippen MR) is 162 cm³/mol. The summed E-state index contributed by atoms with van der Waals surface area (Å²) in [6, 6.07) is 19.8. The van der Waals surface area contributed by atoms with E-state index in [9.17, 15) is 18.0 Å². The molecule has 0 spiro atoms. The van der Waals surface area contributed by atoms with Crippen LogP contribution in [0.15, 0.2) is 77.7 Å². The van der Waals surface area contributed by atoms with Crippen molar-refractivity contribution in [2.24, 2.45) is 0 Å². The van der Waals surface area contributed by atoms with Gasteiger partial charge in [-0.2, -0.15) is 0 Å². The number of sulfonamides is 1. The average Bonchev–Trinajstić information content (AvgIpc) is 2.90. The summed E-state index contributed by atoms with van der Waals surface area (Å²) >= 11 is 0. The summed E-state index contributed by atoms with van der Waals surface area (Å²) in [7, 11) is -4.14. The molecule has 8 nitrogen and oxygen atoms in total. The van der Waals surface area contributed by atoms with Crippen LogP contribution in [0.4, 0.5) is 5.69 Å². The van der Waals surface area contributed by atoms with Gasteiger partial charge in [-0.05, 0) is 96.0 Å². The lowest BCUT2D eigenvalue weighted by molar-refractivity contribution is -0.140. The Kier molecular flexibility index (Phi) is 10.2. The fourth-order valence-electron chi connectivity index (χ4n) is 4.27. The molecule has 0 radical (unpaired) electrons. The molecule has 3 aromatic carbocycles. The third-order valence-electron chi connectivity index (χ3n) is 6.59. The normalized spacial score (nSPS) is 12.4. The maximum absolute atomic E-state index is 14.1. The predicted octanol–water partition coefficient (Wildman–Crippen LogP) is 5.23. The van der Waals surface area contributed by atoms with E-state index in [2.05, 4.69) is 5.32 Å². The largest absolute Gasteiger partial charge is 0.494 e. The number of nitrogens with zero attached hydrogens (tertiary/aromatic N) is 2. The first-order chi connectivity index (χ1) is 19.2. The summed E-state index contributed by atoms with van der Waals surface area (Å²) in [6.07, 6.45) is 0. The number of carbonyl (C=O) groups is 2. The van der Waals surface area contributed by atoms with Crippen LogP contribution in [0.25, 0.3) is 0 Å². The molecule has 0 aromatic heterocycles. The molecule has 3 rings (SSSR count). The summed E-state index contributed by atoms with van der Waals surface area (Å²) in [5.74, 6) is -0.244. The Hall–Kier alpha value is -3.85. The molecule has 1 N–H and O–H groups in total. The minimum atomic E-state index is -4.14. The number of nitrogens with one attached hydrogen (secondary N) is 1. The Labute approximate surface area is 244 Å². The van der Waals surface area contributed by atoms with Crippen LogP contribution in [0, 0.1) is 13.8 Å². The van der Waals surface area contributed by atoms with Gasteiger partial charge in [-0.3, -0.25) is 13.9 Å². The van der Waals surface area contributed by atoms with Crippen molar-refractivity contribution >= 4 is 27.5 Å². The van der Waals surface area contributed by atoms with Gasteiger partial charge in [0.2, 0.25) is 11.8 Å². The lowest BCUT2D eigenvalue weighted by atomic mass is 10.1. The molecule has 0 saturated heterocycles. The number of rotatable bonds is 11. The molecule has 0 aliphatic rings. The highest BCUT2D eigenvalue weighted by molar-refractivity contribution is 7.92. The summed E-state index contributed by atoms with van der Waals surface area (Å²) in [4.78, 5) is 28.8. The zero-order chi connectivity index (χ0) is 30.4. The van der Waals surface area contributed by atoms with Crippen LogP contribution in [-0.4, -0.2) is 49.9 Å². The van der Waals surface area contributed by atoms with Crippen LogP contribution in [0.1, 0.15) is 51.3 Å². The van der Waals surface area contributed by atoms with Crippen molar-refractivity contribution in [1.29, 1.82) is 0 Å². The average molecular weight is 580 g/mol. The number of anilines is 1. The zero-order valence-corrected chi connectivity index (χ0v) is 25.8. The van der Waals surface area contributed by atoms with E-state index in [1.807, 2.05) is 65.8 Å². The van der Waals surface area contributed by atoms with Gasteiger partial charge in [0.1, 0.15) is 18.3 Å². The molecule has 0 bridgehead atoms. The number of benzene rings is 3. The van der Waals surface area contributed by atoms with Crippen LogP contribution < -0.4 is 14.4 Å². The minimum absolute atomic E-state index is 0.0637. The number of ether oxygens (including phenoxy) is 1. The van der Waals surface area contributed by atoms with Crippen LogP contribution in [0.2, 0.25) is 0 Å². The maximum atomic E-state index is 14.1. The number of hydrogen-bond acceptors (Lipinski definition) is 5. The van der Waals surface area contributed by atoms with Crippen molar-refractivity contribution in [1.82, 2.24) is 10.2 Å². The molecule has 0 saturated carbocycles. The van der Waals surface area contributed by atoms with Gasteiger partial charge in [0.05, 0.1) is 17.2 Å². The fraction of sp³-hybridized carbons (Fsp3) is 0.375. The van der Waals surface area contributed by atoms with Crippen molar-refractivity contribution in [2.45, 2.75) is 71.5 Å². The lowest BCUT2D eigenvalue weighted by Crippen LogP contribution is -2.54. The van der Waals surface area contributed by atoms with E-state index >= 15 is 0 Å². The van der Waals surface area contributed by atoms with Gasteiger partial charge in [0, 0.05) is 12.1 Å². The first-order valence-corrected chi connectivity index (χ1v) is 15.1. The van der Waals surface area contributed by atoms with Crippen LogP contribution in [-0.2, 0) is 26.2 Å². The van der Waals surface area contributed by atoms with Crippen LogP contribution in [0.3, 0.4) is 0 Å². The highest BCUT2D eigenvalue weighted by Crippen LogP contribution is 2.27. The summed E-state index contributed by atoms with van der Waals surface area (Å²) in [5.41, 5.74) is 2.54. The van der Waals surface area contributed by atoms with Crippen LogP contribution in [0.5, 0.6) is 5.75 Å². The van der Waals surface area contributed by atoms with Gasteiger partial charge in [0.25, 0.3) is 10.0 Å². The van der Waals surface area contributed by atoms with Gasteiger partial charge in [-0.15, -0.1) is 0 Å². The van der Waals surface area contributed by atoms with Crippen molar-refractivity contribution in [2.75, 3.05) is 17.5 Å². The second-order valence-electron chi connectivity index (χ2n) is 11.1. The lowest BCUT2D eigenvalue weighted by Gasteiger charge is -2.33. The number of carbonyl (C=O) groups excluding carboxylic acids is 2. The topological polar surface area (TPSA) is 96.0 Å². The Morgan fingerprint density at radius 2 is 1.54 bits per heavy atom. The molecule has 3 aromatic rings. The Bertz CT molecular complexity index is 1450. The Morgan fingerprint density at radius 1 is 0.927 bits per heavy atom. The van der Waals surface area contributed by atoms with Crippen molar-refractivity contribution in [3.8, 4) is 5.75 Å². The van der Waals surface area contributed by atoms with Gasteiger partial charge >= 0.3 is 0 Å². The fourth-order valence-corrected chi connectivity index (χ4v) is 5.68. The molecule has 0 fully saturated rings. The highest BCUT2D eigenvalue weighted by atomic mass is 32.2. The molecular weight excluding hydrogens is 538 g/mol. The smallest absolute Gasteiger partial charge is 0.264 e. The minimum Gasteiger partial charge on any atom is -0.494 e. The molecule has 220 valence electrons. The van der Waals surface area contributed by atoms with E-state index in [4.69, 9.17) is 4.74 Å². The summed E-state index contributed by atoms with van der Waals surface area (Å²) < 4.78 is 34.5. The highest BCUT2D eigenvalue weighted by Gasteiger charge is 2.33. The number of aryl methyl sites for hydroxylation is 2. The van der Waals surface area contributed by atoms with Gasteiger partial charge in [0.15, 0.2) is 0 Å². The van der Waals surface area contributed by atoms with E-state index in [1.165, 1.54) is 17.0 Å². The molecule has 0 unspecified atom stereocenters. The molecule has 0 heterocycles. The quantitative estimate of drug-likeness (QED) is 0.336. The molecule has 0 aliphatic carbocycles. The van der Waals surface area contributed by atoms with E-state index < -0.39 is 34.1 Å². The second kappa shape index (κ2) is 13.2. The summed E-state index contributed by atoms with van der Waals surface area (Å²) in [5, 5.41) is 2.94. The third-order valence-corrected chi connectivity index (χ3v) is 8.38. The standard InChI is InChI=1S/C32H41N3O5S/c1-8-40-28-17-15-27(16-18-28)35(41(38,39)29-19-13-23(2)14-20-29)22-30(36)34(21-26-12-10-9-11-24(26)3)25(4)31(37)33-32(5,6)7/h9-20,25H,8,21-22H2,1-7H3,(H,33,37)/t25-/m1/s1. The van der Waals surface area contributed by atoms with Gasteiger partial charge < -0.3 is 15.0 Å². The van der Waals surface area contributed by atoms with E-state index in [-0.39, 0.29) is 17.3 Å². The SMILES string of the molecule is CCOc1ccc(N(CC(=O)N(Cc2ccccc2C)[C@H](C)C(=O)NC(C)(C)C)S(=O)(=O)c2ccc(C)cc2)cc1. The van der Waals surface area contributed by atoms with Crippen LogP contribution >= 0.6 is 0 Å². The molecule has 2 amide bonds. The molecule has 9 heteroatoms. The summed E-state index contributed by atoms with van der Waals surface area (Å²) in [6.45, 7) is 13.0. The Balaban J connectivity index is 2.05. The maximum Gasteiger partial charge on any atom is 0.264 e. The first kappa shape index (κ1) is 31.7. The molecular formula is C32H41N3O5S. The second-order valence-corrected chi connectivity index (χ2v) is 13.0. The van der Waals surface area contributed by atoms with Gasteiger partial charge in [-0.25, -0.2) is 8.42 Å². The number of amides is 2. The molecule has 1 atom stereocenters. The molecule has 41 heavy (non-hydrogen) atoms. The van der Waals surface area contributed by atoms with Crippen molar-refractivity contribution in [3.05, 3.63) is 89.5 Å². The third kappa shape index (κ3) is 8.33. The van der Waals surface area contributed by atoms with Crippen molar-refractivity contribution < 1.29 is 22.7 Å². The van der Waals surface area contributed by atoms with Gasteiger partial charge in [-0.1, -0.05) is 42.0 Å². The first-order valence-electron chi connectivity index (χ1n) is 13.7. The van der Waals surface area contributed by atoms with E-state index in [0.29, 0.717) is 18.0 Å².